The summed E-state index contributed by atoms with van der Waals surface area (Å²) in [6.45, 7) is 6.25. The Hall–Kier alpha value is -4.16. The molecule has 0 spiro atoms. The number of nitrogens with one attached hydrogen (secondary N) is 2. The Morgan fingerprint density at radius 2 is 1.89 bits per heavy atom. The number of pyridine rings is 1. The summed E-state index contributed by atoms with van der Waals surface area (Å²) in [6, 6.07) is 10.7. The van der Waals surface area contributed by atoms with Crippen LogP contribution < -0.4 is 20.1 Å². The number of carbonyl (C=O) groups is 2. The van der Waals surface area contributed by atoms with Gasteiger partial charge in [0.1, 0.15) is 29.2 Å². The van der Waals surface area contributed by atoms with Crippen LogP contribution in [0, 0.1) is 0 Å². The zero-order valence-corrected chi connectivity index (χ0v) is 24.1. The lowest BCUT2D eigenvalue weighted by Crippen LogP contribution is -2.45. The van der Waals surface area contributed by atoms with Crippen LogP contribution in [0.2, 0.25) is 0 Å². The van der Waals surface area contributed by atoms with Crippen molar-refractivity contribution in [1.29, 1.82) is 0 Å². The van der Waals surface area contributed by atoms with Gasteiger partial charge in [0.25, 0.3) is 5.91 Å². The highest BCUT2D eigenvalue weighted by Gasteiger charge is 2.59. The van der Waals surface area contributed by atoms with Crippen molar-refractivity contribution in [2.24, 2.45) is 0 Å². The van der Waals surface area contributed by atoms with Crippen molar-refractivity contribution in [3.05, 3.63) is 76.5 Å². The van der Waals surface area contributed by atoms with Gasteiger partial charge in [-0.15, -0.1) is 0 Å². The predicted molar refractivity (Wildman–Crippen MR) is 155 cm³/mol. The minimum Gasteiger partial charge on any atom is -0.487 e. The molecule has 3 atom stereocenters. The predicted octanol–water partition coefficient (Wildman–Crippen LogP) is 4.57. The smallest absolute Gasteiger partial charge is 0.416 e. The quantitative estimate of drug-likeness (QED) is 0.406. The van der Waals surface area contributed by atoms with E-state index in [9.17, 15) is 22.8 Å². The van der Waals surface area contributed by atoms with Gasteiger partial charge in [-0.2, -0.15) is 13.2 Å². The fourth-order valence-electron chi connectivity index (χ4n) is 6.41. The van der Waals surface area contributed by atoms with Gasteiger partial charge in [-0.1, -0.05) is 13.0 Å². The number of fused-ring (bicyclic) bond motifs is 4. The fourth-order valence-corrected chi connectivity index (χ4v) is 6.41. The lowest BCUT2D eigenvalue weighted by molar-refractivity contribution is -0.138. The highest BCUT2D eigenvalue weighted by Crippen LogP contribution is 2.54. The van der Waals surface area contributed by atoms with Crippen LogP contribution in [0.25, 0.3) is 0 Å². The van der Waals surface area contributed by atoms with Gasteiger partial charge in [-0.05, 0) is 54.9 Å². The molecule has 1 unspecified atom stereocenters. The molecule has 1 saturated carbocycles. The molecule has 4 aliphatic rings. The molecule has 2 aromatic carbocycles. The van der Waals surface area contributed by atoms with E-state index in [0.717, 1.165) is 36.8 Å². The van der Waals surface area contributed by atoms with Crippen LogP contribution in [0.3, 0.4) is 0 Å². The second kappa shape index (κ2) is 11.1. The molecule has 230 valence electrons. The van der Waals surface area contributed by atoms with Crippen LogP contribution in [-0.2, 0) is 23.9 Å². The molecule has 3 aromatic rings. The van der Waals surface area contributed by atoms with E-state index in [0.29, 0.717) is 49.0 Å². The Morgan fingerprint density at radius 3 is 2.66 bits per heavy atom. The number of alkyl halides is 3. The molecule has 2 fully saturated rings. The molecule has 0 bridgehead atoms. The second-order valence-electron chi connectivity index (χ2n) is 11.7. The van der Waals surface area contributed by atoms with Crippen LogP contribution in [0.5, 0.6) is 17.2 Å². The molecule has 7 rings (SSSR count). The van der Waals surface area contributed by atoms with E-state index in [1.807, 2.05) is 17.0 Å². The van der Waals surface area contributed by atoms with E-state index >= 15 is 0 Å². The maximum Gasteiger partial charge on any atom is 0.416 e. The average Bonchev–Trinajstić information content (AvgIpc) is 3.53. The first-order valence-electron chi connectivity index (χ1n) is 14.9. The topological polar surface area (TPSA) is 96.0 Å². The summed E-state index contributed by atoms with van der Waals surface area (Å²) < 4.78 is 54.4. The highest BCUT2D eigenvalue weighted by molar-refractivity contribution is 5.95. The lowest BCUT2D eigenvalue weighted by Gasteiger charge is -2.34. The van der Waals surface area contributed by atoms with Crippen molar-refractivity contribution in [2.45, 2.75) is 50.6 Å². The first-order valence-corrected chi connectivity index (χ1v) is 14.9. The number of likely N-dealkylation sites (N-methyl/N-ethyl adjacent to an activating group) is 1. The highest BCUT2D eigenvalue weighted by atomic mass is 19.4. The van der Waals surface area contributed by atoms with Crippen molar-refractivity contribution in [1.82, 2.24) is 20.1 Å². The van der Waals surface area contributed by atoms with E-state index < -0.39 is 17.6 Å². The van der Waals surface area contributed by atoms with Crippen LogP contribution in [-0.4, -0.2) is 71.5 Å². The number of nitrogens with zero attached hydrogens (tertiary/aromatic N) is 3. The van der Waals surface area contributed by atoms with Crippen LogP contribution in [0.4, 0.5) is 19.0 Å². The number of carbonyl (C=O) groups excluding carboxylic acids is 2. The van der Waals surface area contributed by atoms with E-state index in [1.54, 1.807) is 18.3 Å². The van der Waals surface area contributed by atoms with Crippen molar-refractivity contribution < 1.29 is 32.2 Å². The number of hydrogen-bond acceptors (Lipinski definition) is 7. The third-order valence-electron chi connectivity index (χ3n) is 8.94. The van der Waals surface area contributed by atoms with E-state index in [4.69, 9.17) is 9.47 Å². The average molecular weight is 608 g/mol. The minimum absolute atomic E-state index is 0.0336. The summed E-state index contributed by atoms with van der Waals surface area (Å²) in [6.07, 6.45) is -2.43. The first-order chi connectivity index (χ1) is 21.2. The number of benzene rings is 2. The molecular weight excluding hydrogens is 575 g/mol. The molecule has 1 aliphatic carbocycles. The molecule has 1 saturated heterocycles. The Morgan fingerprint density at radius 1 is 1.09 bits per heavy atom. The van der Waals surface area contributed by atoms with E-state index in [2.05, 4.69) is 27.4 Å². The van der Waals surface area contributed by atoms with Gasteiger partial charge in [-0.3, -0.25) is 14.5 Å². The normalized spacial score (nSPS) is 22.7. The minimum atomic E-state index is -4.58. The fraction of sp³-hybridized carbons (Fsp3) is 0.406. The molecular formula is C32H32F3N5O4. The Labute approximate surface area is 252 Å². The summed E-state index contributed by atoms with van der Waals surface area (Å²) >= 11 is 0. The van der Waals surface area contributed by atoms with Gasteiger partial charge >= 0.3 is 6.18 Å². The van der Waals surface area contributed by atoms with Gasteiger partial charge in [0, 0.05) is 62.0 Å². The summed E-state index contributed by atoms with van der Waals surface area (Å²) in [4.78, 5) is 33.4. The number of anilines is 1. The number of halogens is 3. The van der Waals surface area contributed by atoms with Crippen LogP contribution in [0.1, 0.15) is 51.9 Å². The van der Waals surface area contributed by atoms with Crippen molar-refractivity contribution >= 4 is 17.6 Å². The number of aromatic nitrogens is 1. The van der Waals surface area contributed by atoms with Crippen molar-refractivity contribution in [3.63, 3.8) is 0 Å². The Balaban J connectivity index is 1.03. The van der Waals surface area contributed by atoms with Gasteiger partial charge in [-0.25, -0.2) is 4.98 Å². The molecule has 0 radical (unpaired) electrons. The molecule has 44 heavy (non-hydrogen) atoms. The number of rotatable bonds is 7. The maximum atomic E-state index is 14.1. The standard InChI is InChI=1S/C32H32F3N5O4/c1-2-39-11-13-40(14-12-39)17-19-4-3-18(15-23(19)32(33,34)35)31(42)38-28-27-22-16-20(5-7-24(22)44-29(27)28)43-25-9-10-36-30-21(25)6-8-26(41)37-30/h3-5,7,9-10,15-16,27-29H,2,6,8,11-14,17H2,1H3,(H,38,42)(H,36,37,41)/t27-,28?,29-/m0/s1. The Bertz CT molecular complexity index is 1620. The monoisotopic (exact) mass is 607 g/mol. The third-order valence-corrected chi connectivity index (χ3v) is 8.94. The van der Waals surface area contributed by atoms with Crippen molar-refractivity contribution in [3.8, 4) is 17.2 Å². The zero-order valence-electron chi connectivity index (χ0n) is 24.1. The number of hydrogen-bond donors (Lipinski definition) is 2. The molecule has 4 heterocycles. The van der Waals surface area contributed by atoms with Gasteiger partial charge < -0.3 is 25.0 Å². The van der Waals surface area contributed by atoms with E-state index in [-0.39, 0.29) is 41.6 Å². The maximum absolute atomic E-state index is 14.1. The van der Waals surface area contributed by atoms with Gasteiger partial charge in [0.2, 0.25) is 5.91 Å². The number of amides is 2. The Kier molecular flexibility index (Phi) is 7.20. The summed E-state index contributed by atoms with van der Waals surface area (Å²) in [5.74, 6) is 1.55. The molecule has 2 amide bonds. The molecule has 12 heteroatoms. The second-order valence-corrected chi connectivity index (χ2v) is 11.7. The molecule has 9 nitrogen and oxygen atoms in total. The zero-order chi connectivity index (χ0) is 30.6. The van der Waals surface area contributed by atoms with Crippen molar-refractivity contribution in [2.75, 3.05) is 38.0 Å². The summed E-state index contributed by atoms with van der Waals surface area (Å²) in [5, 5.41) is 5.64. The molecule has 2 N–H and O–H groups in total. The van der Waals surface area contributed by atoms with Crippen LogP contribution >= 0.6 is 0 Å². The molecule has 3 aliphatic heterocycles. The largest absolute Gasteiger partial charge is 0.487 e. The SMILES string of the molecule is CCN1CCN(Cc2ccc(C(=O)NC3[C@H]4Oc5ccc(Oc6ccnc7c6CCC(=O)N7)cc5[C@@H]34)cc2C(F)(F)F)CC1. The number of piperazine rings is 1. The molecule has 1 aromatic heterocycles. The third kappa shape index (κ3) is 5.48. The van der Waals surface area contributed by atoms with Gasteiger partial charge in [0.15, 0.2) is 0 Å². The van der Waals surface area contributed by atoms with Gasteiger partial charge in [0.05, 0.1) is 17.5 Å². The summed E-state index contributed by atoms with van der Waals surface area (Å²) in [7, 11) is 0. The van der Waals surface area contributed by atoms with Crippen LogP contribution in [0.15, 0.2) is 48.7 Å². The first kappa shape index (κ1) is 28.6. The number of ether oxygens (including phenoxy) is 2. The van der Waals surface area contributed by atoms with E-state index in [1.165, 1.54) is 12.1 Å². The lowest BCUT2D eigenvalue weighted by atomic mass is 10.0. The summed E-state index contributed by atoms with van der Waals surface area (Å²) in [5.41, 5.74) is 1.05.